The van der Waals surface area contributed by atoms with Crippen molar-refractivity contribution in [1.82, 2.24) is 9.97 Å². The predicted molar refractivity (Wildman–Crippen MR) is 179 cm³/mol. The van der Waals surface area contributed by atoms with E-state index in [0.29, 0.717) is 17.5 Å². The minimum absolute atomic E-state index is 0.0189. The van der Waals surface area contributed by atoms with Crippen molar-refractivity contribution in [1.29, 1.82) is 0 Å². The van der Waals surface area contributed by atoms with Crippen molar-refractivity contribution in [2.24, 2.45) is 0 Å². The Balaban J connectivity index is 1.27. The largest absolute Gasteiger partial charge is 0.458 e. The zero-order chi connectivity index (χ0) is 31.1. The van der Waals surface area contributed by atoms with E-state index >= 15 is 0 Å². The Morgan fingerprint density at radius 3 is 2.07 bits per heavy atom. The number of ether oxygens (including phenoxy) is 3. The Morgan fingerprint density at radius 1 is 0.667 bits per heavy atom. The number of hydrogen-bond acceptors (Lipinski definition) is 6. The average molecular weight is 593 g/mol. The highest BCUT2D eigenvalue weighted by atomic mass is 16.5. The van der Waals surface area contributed by atoms with Gasteiger partial charge in [0.2, 0.25) is 11.8 Å². The normalized spacial score (nSPS) is 13.4. The summed E-state index contributed by atoms with van der Waals surface area (Å²) in [6.45, 7) is 13.0. The number of oxazole rings is 1. The molecule has 0 bridgehead atoms. The van der Waals surface area contributed by atoms with Crippen LogP contribution in [0.5, 0.6) is 34.6 Å². The summed E-state index contributed by atoms with van der Waals surface area (Å²) in [7, 11) is 0. The first-order valence-corrected chi connectivity index (χ1v) is 15.3. The molecule has 45 heavy (non-hydrogen) atoms. The van der Waals surface area contributed by atoms with Crippen LogP contribution < -0.4 is 30.6 Å². The summed E-state index contributed by atoms with van der Waals surface area (Å²) in [5, 5.41) is 0. The highest BCUT2D eigenvalue weighted by molar-refractivity contribution is 6.98. The van der Waals surface area contributed by atoms with Crippen molar-refractivity contribution < 1.29 is 18.6 Å². The number of hydrogen-bond donors (Lipinski definition) is 0. The zero-order valence-electron chi connectivity index (χ0n) is 26.3. The maximum Gasteiger partial charge on any atom is 0.260 e. The highest BCUT2D eigenvalue weighted by Gasteiger charge is 2.41. The van der Waals surface area contributed by atoms with Gasteiger partial charge in [-0.15, -0.1) is 0 Å². The van der Waals surface area contributed by atoms with Crippen LogP contribution >= 0.6 is 0 Å². The molecule has 0 aliphatic carbocycles. The minimum Gasteiger partial charge on any atom is -0.458 e. The first kappa shape index (κ1) is 27.5. The van der Waals surface area contributed by atoms with Crippen molar-refractivity contribution in [3.8, 4) is 46.1 Å². The molecule has 4 heterocycles. The third-order valence-corrected chi connectivity index (χ3v) is 8.68. The van der Waals surface area contributed by atoms with E-state index in [1.165, 1.54) is 0 Å². The summed E-state index contributed by atoms with van der Waals surface area (Å²) in [5.41, 5.74) is 7.68. The first-order valence-electron chi connectivity index (χ1n) is 15.3. The number of para-hydroxylation sites is 2. The van der Waals surface area contributed by atoms with Gasteiger partial charge in [0.25, 0.3) is 6.71 Å². The van der Waals surface area contributed by atoms with E-state index in [1.54, 1.807) is 6.20 Å². The van der Waals surface area contributed by atoms with Crippen LogP contribution in [0, 0.1) is 0 Å². The van der Waals surface area contributed by atoms with Crippen LogP contribution in [-0.2, 0) is 10.8 Å². The van der Waals surface area contributed by atoms with Crippen LogP contribution in [0.3, 0.4) is 0 Å². The lowest BCUT2D eigenvalue weighted by Gasteiger charge is -2.34. The topological polar surface area (TPSA) is 66.6 Å². The Hall–Kier alpha value is -5.04. The number of pyridine rings is 1. The van der Waals surface area contributed by atoms with Crippen LogP contribution in [-0.4, -0.2) is 16.7 Å². The molecule has 6 nitrogen and oxygen atoms in total. The lowest BCUT2D eigenvalue weighted by molar-refractivity contribution is 0.449. The van der Waals surface area contributed by atoms with Gasteiger partial charge in [0, 0.05) is 23.3 Å². The smallest absolute Gasteiger partial charge is 0.260 e. The summed E-state index contributed by atoms with van der Waals surface area (Å²) >= 11 is 0. The monoisotopic (exact) mass is 592 g/mol. The molecule has 2 aliphatic heterocycles. The van der Waals surface area contributed by atoms with Crippen LogP contribution in [0.15, 0.2) is 95.5 Å². The maximum absolute atomic E-state index is 6.62. The second-order valence-electron chi connectivity index (χ2n) is 13.9. The molecule has 0 radical (unpaired) electrons. The molecule has 2 aliphatic rings. The summed E-state index contributed by atoms with van der Waals surface area (Å²) in [6, 6.07) is 28.3. The molecule has 0 amide bonds. The minimum atomic E-state index is -0.154. The lowest BCUT2D eigenvalue weighted by atomic mass is 9.34. The lowest BCUT2D eigenvalue weighted by Crippen LogP contribution is -2.57. The van der Waals surface area contributed by atoms with Crippen LogP contribution in [0.4, 0.5) is 0 Å². The van der Waals surface area contributed by atoms with E-state index < -0.39 is 0 Å². The third-order valence-electron chi connectivity index (χ3n) is 8.68. The van der Waals surface area contributed by atoms with Gasteiger partial charge < -0.3 is 18.6 Å². The average Bonchev–Trinajstić information content (AvgIpc) is 3.44. The van der Waals surface area contributed by atoms with Crippen LogP contribution in [0.1, 0.15) is 52.7 Å². The number of benzene rings is 4. The van der Waals surface area contributed by atoms with Gasteiger partial charge in [0.15, 0.2) is 5.58 Å². The molecule has 222 valence electrons. The van der Waals surface area contributed by atoms with Gasteiger partial charge in [0.05, 0.1) is 0 Å². The van der Waals surface area contributed by atoms with Crippen molar-refractivity contribution in [3.05, 3.63) is 102 Å². The van der Waals surface area contributed by atoms with Crippen molar-refractivity contribution in [2.45, 2.75) is 52.4 Å². The standard InChI is InChI=1S/C38H33BN2O4/c1-37(2,3)23-15-16-40-34(20-23)42-25-12-14-30-27(21-25)39-26-17-22(36-41-28-9-7-8-10-31(28)45-36)11-13-29(26)43-32-18-24(38(4,5)6)19-33(44-30)35(32)39/h7-21H,1-6H3. The fourth-order valence-electron chi connectivity index (χ4n) is 6.16. The number of aromatic nitrogens is 2. The summed E-state index contributed by atoms with van der Waals surface area (Å²) in [4.78, 5) is 9.27. The Kier molecular flexibility index (Phi) is 5.95. The van der Waals surface area contributed by atoms with Crippen LogP contribution in [0.25, 0.3) is 22.6 Å². The third kappa shape index (κ3) is 4.74. The van der Waals surface area contributed by atoms with Gasteiger partial charge >= 0.3 is 0 Å². The number of rotatable bonds is 3. The molecule has 8 rings (SSSR count). The second-order valence-corrected chi connectivity index (χ2v) is 13.9. The van der Waals surface area contributed by atoms with Crippen LogP contribution in [0.2, 0.25) is 0 Å². The molecule has 0 spiro atoms. The number of nitrogens with zero attached hydrogens (tertiary/aromatic N) is 2. The molecule has 4 aromatic carbocycles. The molecule has 7 heteroatoms. The van der Waals surface area contributed by atoms with E-state index in [-0.39, 0.29) is 17.5 Å². The van der Waals surface area contributed by atoms with E-state index in [2.05, 4.69) is 70.8 Å². The fraction of sp³-hybridized carbons (Fsp3) is 0.211. The van der Waals surface area contributed by atoms with Crippen molar-refractivity contribution in [2.75, 3.05) is 0 Å². The SMILES string of the molecule is CC(C)(C)c1ccnc(Oc2ccc3c(c2)B2c4cc(-c5nc6ccccc6o5)ccc4Oc4cc(C(C)(C)C)cc(c42)O3)c1. The fourth-order valence-corrected chi connectivity index (χ4v) is 6.16. The zero-order valence-corrected chi connectivity index (χ0v) is 26.3. The molecule has 0 fully saturated rings. The van der Waals surface area contributed by atoms with Gasteiger partial charge in [-0.3, -0.25) is 0 Å². The maximum atomic E-state index is 6.62. The summed E-state index contributed by atoms with van der Waals surface area (Å²) in [6.07, 6.45) is 1.80. The number of fused-ring (bicyclic) bond motifs is 5. The van der Waals surface area contributed by atoms with Crippen molar-refractivity contribution in [3.63, 3.8) is 0 Å². The second kappa shape index (κ2) is 9.73. The molecule has 2 aromatic heterocycles. The molecular weight excluding hydrogens is 559 g/mol. The molecule has 0 atom stereocenters. The van der Waals surface area contributed by atoms with Gasteiger partial charge in [0.1, 0.15) is 34.3 Å². The molecule has 0 unspecified atom stereocenters. The molecular formula is C38H33BN2O4. The van der Waals surface area contributed by atoms with E-state index in [1.807, 2.05) is 60.7 Å². The van der Waals surface area contributed by atoms with Gasteiger partial charge in [-0.2, -0.15) is 0 Å². The molecule has 6 aromatic rings. The Bertz CT molecular complexity index is 2090. The summed E-state index contributed by atoms with van der Waals surface area (Å²) < 4.78 is 25.8. The van der Waals surface area contributed by atoms with E-state index in [9.17, 15) is 0 Å². The molecule has 0 saturated heterocycles. The van der Waals surface area contributed by atoms with Gasteiger partial charge in [-0.05, 0) is 93.5 Å². The Labute approximate surface area is 263 Å². The highest BCUT2D eigenvalue weighted by Crippen LogP contribution is 2.40. The summed E-state index contributed by atoms with van der Waals surface area (Å²) in [5.74, 6) is 5.01. The van der Waals surface area contributed by atoms with Gasteiger partial charge in [-0.25, -0.2) is 9.97 Å². The first-order chi connectivity index (χ1) is 21.5. The van der Waals surface area contributed by atoms with E-state index in [0.717, 1.165) is 67.2 Å². The van der Waals surface area contributed by atoms with E-state index in [4.69, 9.17) is 23.6 Å². The predicted octanol–water partition coefficient (Wildman–Crippen LogP) is 8.00. The molecule has 0 saturated carbocycles. The molecule has 0 N–H and O–H groups in total. The van der Waals surface area contributed by atoms with Crippen molar-refractivity contribution >= 4 is 34.2 Å². The Morgan fingerprint density at radius 2 is 1.36 bits per heavy atom. The van der Waals surface area contributed by atoms with Gasteiger partial charge in [-0.1, -0.05) is 59.7 Å². The quantitative estimate of drug-likeness (QED) is 0.194.